The molecule has 9 nitrogen and oxygen atoms in total. The van der Waals surface area contributed by atoms with Crippen LogP contribution < -0.4 is 10.7 Å². The second-order valence-electron chi connectivity index (χ2n) is 7.57. The Balaban J connectivity index is 1.40. The van der Waals surface area contributed by atoms with Crippen molar-refractivity contribution in [2.24, 2.45) is 9.98 Å². The number of hydrogen-bond donors (Lipinski definition) is 0. The van der Waals surface area contributed by atoms with E-state index in [2.05, 4.69) is 31.5 Å². The van der Waals surface area contributed by atoms with Crippen LogP contribution in [0.2, 0.25) is 0 Å². The predicted molar refractivity (Wildman–Crippen MR) is 118 cm³/mol. The third kappa shape index (κ3) is 3.26. The van der Waals surface area contributed by atoms with Gasteiger partial charge >= 0.3 is 6.03 Å². The first-order chi connectivity index (χ1) is 16.2. The highest BCUT2D eigenvalue weighted by Crippen LogP contribution is 2.25. The first-order valence-electron chi connectivity index (χ1n) is 10.2. The third-order valence-electron chi connectivity index (χ3n) is 5.51. The highest BCUT2D eigenvalue weighted by molar-refractivity contribution is 5.82. The fourth-order valence-electron chi connectivity index (χ4n) is 3.89. The minimum atomic E-state index is -0.497. The molecule has 0 radical (unpaired) electrons. The molecular formula is C24H14N8O. The summed E-state index contributed by atoms with van der Waals surface area (Å²) >= 11 is 0. The van der Waals surface area contributed by atoms with Crippen LogP contribution in [-0.2, 0) is 6.54 Å². The Hall–Kier alpha value is -4.97. The number of nitriles is 1. The Morgan fingerprint density at radius 3 is 2.61 bits per heavy atom. The summed E-state index contributed by atoms with van der Waals surface area (Å²) in [7, 11) is 0. The molecule has 0 unspecified atom stereocenters. The lowest BCUT2D eigenvalue weighted by Crippen LogP contribution is -2.22. The molecule has 5 aromatic rings. The van der Waals surface area contributed by atoms with Crippen molar-refractivity contribution in [3.05, 3.63) is 94.8 Å². The van der Waals surface area contributed by atoms with Crippen molar-refractivity contribution in [2.75, 3.05) is 0 Å². The van der Waals surface area contributed by atoms with E-state index < -0.39 is 6.03 Å². The topological polar surface area (TPSA) is 114 Å². The van der Waals surface area contributed by atoms with Gasteiger partial charge in [0.2, 0.25) is 0 Å². The monoisotopic (exact) mass is 430 g/mol. The van der Waals surface area contributed by atoms with E-state index in [0.717, 1.165) is 33.5 Å². The summed E-state index contributed by atoms with van der Waals surface area (Å²) in [5, 5.41) is 23.1. The van der Waals surface area contributed by atoms with E-state index in [1.807, 2.05) is 47.1 Å². The first kappa shape index (κ1) is 18.8. The number of urea groups is 1. The smallest absolute Gasteiger partial charge is 0.260 e. The number of hydrogen-bond acceptors (Lipinski definition) is 5. The average molecular weight is 430 g/mol. The van der Waals surface area contributed by atoms with Crippen LogP contribution in [0, 0.1) is 11.3 Å². The van der Waals surface area contributed by atoms with Gasteiger partial charge in [0.15, 0.2) is 0 Å². The maximum atomic E-state index is 11.5. The van der Waals surface area contributed by atoms with E-state index in [4.69, 9.17) is 5.26 Å². The molecule has 0 atom stereocenters. The molecule has 0 bridgehead atoms. The van der Waals surface area contributed by atoms with Crippen molar-refractivity contribution in [3.8, 4) is 23.0 Å². The van der Waals surface area contributed by atoms with Gasteiger partial charge in [0.25, 0.3) is 0 Å². The predicted octanol–water partition coefficient (Wildman–Crippen LogP) is 2.58. The standard InChI is InChI=1S/C24H14N8O/c25-13-15-1-3-16(4-2-15)14-31-22(9-10-26-31)17-5-7-20-23(11-17)32(30-29-20)18-6-8-19-21(12-18)28-24(33)27-19/h1-12H,14H2. The molecule has 156 valence electrons. The van der Waals surface area contributed by atoms with E-state index in [-0.39, 0.29) is 0 Å². The molecule has 3 aromatic carbocycles. The van der Waals surface area contributed by atoms with E-state index in [1.165, 1.54) is 0 Å². The molecule has 1 aliphatic rings. The Morgan fingerprint density at radius 1 is 0.909 bits per heavy atom. The number of nitrogens with zero attached hydrogens (tertiary/aromatic N) is 8. The summed E-state index contributed by atoms with van der Waals surface area (Å²) in [6.07, 6.45) is 1.77. The number of benzene rings is 3. The van der Waals surface area contributed by atoms with Crippen LogP contribution in [0.5, 0.6) is 0 Å². The lowest BCUT2D eigenvalue weighted by Gasteiger charge is -2.09. The molecular weight excluding hydrogens is 416 g/mol. The molecule has 0 spiro atoms. The zero-order valence-corrected chi connectivity index (χ0v) is 17.1. The van der Waals surface area contributed by atoms with Crippen LogP contribution in [0.1, 0.15) is 11.1 Å². The number of carbonyl (C=O) groups is 1. The highest BCUT2D eigenvalue weighted by atomic mass is 16.2. The zero-order chi connectivity index (χ0) is 22.4. The summed E-state index contributed by atoms with van der Waals surface area (Å²) in [6.45, 7) is 0.577. The van der Waals surface area contributed by atoms with Gasteiger partial charge in [-0.2, -0.15) is 20.3 Å². The molecule has 0 N–H and O–H groups in total. The second kappa shape index (κ2) is 7.32. The largest absolute Gasteiger partial charge is 0.368 e. The number of carbonyl (C=O) groups excluding carboxylic acids is 1. The second-order valence-corrected chi connectivity index (χ2v) is 7.57. The molecule has 2 amide bonds. The minimum Gasteiger partial charge on any atom is -0.260 e. The summed E-state index contributed by atoms with van der Waals surface area (Å²) < 4.78 is 3.64. The van der Waals surface area contributed by atoms with Gasteiger partial charge in [0, 0.05) is 11.8 Å². The van der Waals surface area contributed by atoms with Gasteiger partial charge in [0.05, 0.1) is 45.8 Å². The number of fused-ring (bicyclic) bond motifs is 2. The van der Waals surface area contributed by atoms with E-state index in [1.54, 1.807) is 35.1 Å². The van der Waals surface area contributed by atoms with Crippen molar-refractivity contribution < 1.29 is 4.79 Å². The maximum Gasteiger partial charge on any atom is 0.368 e. The SMILES string of the molecule is N#Cc1ccc(Cn2nccc2-c2ccc3nnn(-c4ccc5c(c4)=NC(=O)N=5)c3c2)cc1. The summed E-state index contributed by atoms with van der Waals surface area (Å²) in [6, 6.07) is 22.4. The highest BCUT2D eigenvalue weighted by Gasteiger charge is 2.13. The molecule has 3 heterocycles. The van der Waals surface area contributed by atoms with Crippen LogP contribution in [0.4, 0.5) is 4.79 Å². The molecule has 33 heavy (non-hydrogen) atoms. The third-order valence-corrected chi connectivity index (χ3v) is 5.51. The van der Waals surface area contributed by atoms with Gasteiger partial charge in [-0.3, -0.25) is 4.68 Å². The Morgan fingerprint density at radius 2 is 1.76 bits per heavy atom. The van der Waals surface area contributed by atoms with E-state index >= 15 is 0 Å². The summed E-state index contributed by atoms with van der Waals surface area (Å²) in [5.41, 5.74) is 5.90. The van der Waals surface area contributed by atoms with Gasteiger partial charge in [-0.25, -0.2) is 9.48 Å². The fourth-order valence-corrected chi connectivity index (χ4v) is 3.89. The number of rotatable bonds is 4. The molecule has 0 aliphatic carbocycles. The Kier molecular flexibility index (Phi) is 4.16. The first-order valence-corrected chi connectivity index (χ1v) is 10.2. The van der Waals surface area contributed by atoms with Crippen LogP contribution >= 0.6 is 0 Å². The normalized spacial score (nSPS) is 12.3. The number of aromatic nitrogens is 5. The van der Waals surface area contributed by atoms with Crippen molar-refractivity contribution >= 4 is 17.1 Å². The Labute approximate surface area is 186 Å². The van der Waals surface area contributed by atoms with Crippen molar-refractivity contribution in [1.82, 2.24) is 24.8 Å². The van der Waals surface area contributed by atoms with Crippen LogP contribution in [0.15, 0.2) is 82.9 Å². The van der Waals surface area contributed by atoms with Gasteiger partial charge in [0.1, 0.15) is 5.52 Å². The van der Waals surface area contributed by atoms with Gasteiger partial charge in [-0.05, 0) is 54.1 Å². The minimum absolute atomic E-state index is 0.497. The maximum absolute atomic E-state index is 11.5. The molecule has 0 saturated heterocycles. The lowest BCUT2D eigenvalue weighted by molar-refractivity contribution is 0.256. The average Bonchev–Trinajstić information content (AvgIpc) is 3.56. The Bertz CT molecular complexity index is 1720. The number of amides is 2. The van der Waals surface area contributed by atoms with Crippen LogP contribution in [0.25, 0.3) is 28.0 Å². The van der Waals surface area contributed by atoms with Crippen LogP contribution in [0.3, 0.4) is 0 Å². The van der Waals surface area contributed by atoms with Crippen molar-refractivity contribution in [1.29, 1.82) is 5.26 Å². The summed E-state index contributed by atoms with van der Waals surface area (Å²) in [4.78, 5) is 19.3. The van der Waals surface area contributed by atoms with Crippen molar-refractivity contribution in [2.45, 2.75) is 6.54 Å². The van der Waals surface area contributed by atoms with Gasteiger partial charge < -0.3 is 0 Å². The molecule has 0 fully saturated rings. The van der Waals surface area contributed by atoms with E-state index in [0.29, 0.717) is 22.8 Å². The quantitative estimate of drug-likeness (QED) is 0.435. The van der Waals surface area contributed by atoms with Crippen molar-refractivity contribution in [3.63, 3.8) is 0 Å². The zero-order valence-electron chi connectivity index (χ0n) is 17.1. The summed E-state index contributed by atoms with van der Waals surface area (Å²) in [5.74, 6) is 0. The molecule has 1 aliphatic heterocycles. The molecule has 2 aromatic heterocycles. The van der Waals surface area contributed by atoms with E-state index in [9.17, 15) is 4.79 Å². The van der Waals surface area contributed by atoms with Crippen LogP contribution in [-0.4, -0.2) is 30.8 Å². The molecule has 6 rings (SSSR count). The van der Waals surface area contributed by atoms with Gasteiger partial charge in [-0.1, -0.05) is 23.4 Å². The lowest BCUT2D eigenvalue weighted by atomic mass is 10.1. The van der Waals surface area contributed by atoms with Gasteiger partial charge in [-0.15, -0.1) is 5.10 Å². The molecule has 9 heteroatoms. The fraction of sp³-hybridized carbons (Fsp3) is 0.0417. The molecule has 0 saturated carbocycles.